The van der Waals surface area contributed by atoms with Gasteiger partial charge < -0.3 is 4.84 Å². The molecule has 0 unspecified atom stereocenters. The third kappa shape index (κ3) is 10.7. The molecule has 218 valence electrons. The molecule has 0 aromatic carbocycles. The molecule has 6 heteroatoms. The van der Waals surface area contributed by atoms with Gasteiger partial charge in [0.2, 0.25) is 5.91 Å². The van der Waals surface area contributed by atoms with Crippen LogP contribution in [0.25, 0.3) is 0 Å². The van der Waals surface area contributed by atoms with E-state index in [1.165, 1.54) is 64.2 Å². The molecular formula is C33H52N2O4. The Morgan fingerprint density at radius 1 is 0.718 bits per heavy atom. The van der Waals surface area contributed by atoms with Crippen LogP contribution < -0.4 is 11.0 Å². The molecule has 2 saturated carbocycles. The summed E-state index contributed by atoms with van der Waals surface area (Å²) in [5.74, 6) is 1.50. The maximum absolute atomic E-state index is 12.4. The zero-order valence-electron chi connectivity index (χ0n) is 24.5. The van der Waals surface area contributed by atoms with Gasteiger partial charge in [-0.2, -0.15) is 0 Å². The van der Waals surface area contributed by atoms with Crippen molar-refractivity contribution in [1.29, 1.82) is 0 Å². The van der Waals surface area contributed by atoms with Crippen LogP contribution in [0.5, 0.6) is 0 Å². The molecule has 0 aliphatic heterocycles. The van der Waals surface area contributed by atoms with Gasteiger partial charge in [-0.1, -0.05) is 108 Å². The van der Waals surface area contributed by atoms with Crippen molar-refractivity contribution in [2.75, 3.05) is 0 Å². The maximum atomic E-state index is 12.4. The Balaban J connectivity index is 0.000000440. The number of unbranched alkanes of at least 4 members (excludes halogenated alkanes) is 6. The average molecular weight is 541 g/mol. The Labute approximate surface area is 236 Å². The summed E-state index contributed by atoms with van der Waals surface area (Å²) in [7, 11) is 0. The molecule has 0 aromatic rings. The van der Waals surface area contributed by atoms with Gasteiger partial charge in [-0.25, -0.2) is 4.79 Å². The van der Waals surface area contributed by atoms with Crippen molar-refractivity contribution >= 4 is 17.7 Å². The van der Waals surface area contributed by atoms with Gasteiger partial charge in [0.15, 0.2) is 5.78 Å². The minimum Gasteiger partial charge on any atom is -0.351 e. The SMILES string of the molecule is CCCCCCC1CCC(C(=O)NNOC(=O)C2CCC(CCCCCC)CC2)CC1.O=C1C2=CC=C1C=C2. The van der Waals surface area contributed by atoms with Crippen molar-refractivity contribution in [3.05, 3.63) is 35.5 Å². The molecule has 4 aliphatic rings. The zero-order valence-corrected chi connectivity index (χ0v) is 24.5. The van der Waals surface area contributed by atoms with E-state index in [1.807, 2.05) is 24.3 Å². The van der Waals surface area contributed by atoms with Gasteiger partial charge in [0.25, 0.3) is 0 Å². The first kappa shape index (κ1) is 31.3. The third-order valence-corrected chi connectivity index (χ3v) is 9.06. The van der Waals surface area contributed by atoms with E-state index < -0.39 is 0 Å². The largest absolute Gasteiger partial charge is 0.351 e. The summed E-state index contributed by atoms with van der Waals surface area (Å²) in [5.41, 5.74) is 6.73. The van der Waals surface area contributed by atoms with E-state index in [-0.39, 0.29) is 29.5 Å². The van der Waals surface area contributed by atoms with Gasteiger partial charge in [-0.05, 0) is 63.2 Å². The average Bonchev–Trinajstić information content (AvgIpc) is 3.50. The van der Waals surface area contributed by atoms with Gasteiger partial charge >= 0.3 is 5.97 Å². The number of carbonyl (C=O) groups is 3. The molecule has 4 rings (SSSR count). The van der Waals surface area contributed by atoms with E-state index in [1.54, 1.807) is 0 Å². The quantitative estimate of drug-likeness (QED) is 0.175. The predicted octanol–water partition coefficient (Wildman–Crippen LogP) is 7.61. The molecule has 2 bridgehead atoms. The van der Waals surface area contributed by atoms with Crippen molar-refractivity contribution in [3.8, 4) is 0 Å². The minimum absolute atomic E-state index is 0.0283. The van der Waals surface area contributed by atoms with Crippen LogP contribution in [0.4, 0.5) is 0 Å². The summed E-state index contributed by atoms with van der Waals surface area (Å²) < 4.78 is 0. The third-order valence-electron chi connectivity index (χ3n) is 9.06. The number of rotatable bonds is 14. The highest BCUT2D eigenvalue weighted by molar-refractivity contribution is 6.17. The Kier molecular flexibility index (Phi) is 14.0. The Bertz CT molecular complexity index is 806. The van der Waals surface area contributed by atoms with E-state index in [9.17, 15) is 14.4 Å². The van der Waals surface area contributed by atoms with Crippen LogP contribution >= 0.6 is 0 Å². The van der Waals surface area contributed by atoms with Crippen molar-refractivity contribution in [2.45, 2.75) is 129 Å². The highest BCUT2D eigenvalue weighted by atomic mass is 16.7. The van der Waals surface area contributed by atoms with Gasteiger partial charge in [-0.15, -0.1) is 0 Å². The van der Waals surface area contributed by atoms with Crippen molar-refractivity contribution in [3.63, 3.8) is 0 Å². The van der Waals surface area contributed by atoms with Crippen LogP contribution in [0.2, 0.25) is 0 Å². The molecule has 0 spiro atoms. The first-order chi connectivity index (χ1) is 19.0. The molecule has 0 radical (unpaired) electrons. The lowest BCUT2D eigenvalue weighted by Gasteiger charge is -2.28. The first-order valence-corrected chi connectivity index (χ1v) is 15.9. The molecule has 0 aromatic heterocycles. The van der Waals surface area contributed by atoms with E-state index in [4.69, 9.17) is 4.84 Å². The van der Waals surface area contributed by atoms with Crippen molar-refractivity contribution in [1.82, 2.24) is 11.0 Å². The fourth-order valence-corrected chi connectivity index (χ4v) is 6.37. The number of hydrogen-bond acceptors (Lipinski definition) is 5. The fraction of sp³-hybridized carbons (Fsp3) is 0.727. The monoisotopic (exact) mass is 540 g/mol. The molecule has 2 N–H and O–H groups in total. The zero-order chi connectivity index (χ0) is 27.9. The summed E-state index contributed by atoms with van der Waals surface area (Å²) in [6.45, 7) is 4.49. The summed E-state index contributed by atoms with van der Waals surface area (Å²) in [6.07, 6.45) is 28.8. The number of ketones is 1. The molecular weight excluding hydrogens is 488 g/mol. The second-order valence-electron chi connectivity index (χ2n) is 12.1. The molecule has 39 heavy (non-hydrogen) atoms. The molecule has 1 amide bonds. The van der Waals surface area contributed by atoms with Gasteiger partial charge in [0.1, 0.15) is 0 Å². The molecule has 2 fully saturated rings. The van der Waals surface area contributed by atoms with Gasteiger partial charge in [-0.3, -0.25) is 15.0 Å². The number of allylic oxidation sites excluding steroid dienone is 6. The number of hydrazine groups is 1. The van der Waals surface area contributed by atoms with Gasteiger partial charge in [0.05, 0.1) is 5.92 Å². The van der Waals surface area contributed by atoms with Crippen molar-refractivity contribution in [2.24, 2.45) is 23.7 Å². The van der Waals surface area contributed by atoms with E-state index in [2.05, 4.69) is 24.9 Å². The van der Waals surface area contributed by atoms with Crippen LogP contribution in [-0.2, 0) is 19.2 Å². The van der Waals surface area contributed by atoms with Gasteiger partial charge in [0, 0.05) is 17.1 Å². The Morgan fingerprint density at radius 2 is 1.21 bits per heavy atom. The smallest absolute Gasteiger partial charge is 0.330 e. The van der Waals surface area contributed by atoms with Crippen LogP contribution in [-0.4, -0.2) is 17.7 Å². The van der Waals surface area contributed by atoms with E-state index >= 15 is 0 Å². The number of amides is 1. The van der Waals surface area contributed by atoms with Crippen LogP contribution in [0.15, 0.2) is 35.5 Å². The normalized spacial score (nSPS) is 25.4. The fourth-order valence-electron chi connectivity index (χ4n) is 6.37. The first-order valence-electron chi connectivity index (χ1n) is 15.9. The predicted molar refractivity (Wildman–Crippen MR) is 156 cm³/mol. The lowest BCUT2D eigenvalue weighted by molar-refractivity contribution is -0.162. The maximum Gasteiger partial charge on any atom is 0.330 e. The van der Waals surface area contributed by atoms with Crippen molar-refractivity contribution < 1.29 is 19.2 Å². The molecule has 0 saturated heterocycles. The highest BCUT2D eigenvalue weighted by Gasteiger charge is 2.29. The molecule has 6 nitrogen and oxygen atoms in total. The second kappa shape index (κ2) is 17.5. The topological polar surface area (TPSA) is 84.5 Å². The van der Waals surface area contributed by atoms with E-state index in [0.29, 0.717) is 0 Å². The standard InChI is InChI=1S/C26H48N2O3.C7H4O/c1-3-5-7-9-11-21-13-17-23(18-14-21)25(29)27-28-31-26(30)24-19-15-22(16-20-24)12-10-8-6-4-2;8-7-5-1-2-6(7)4-3-5/h21-24,28H,3-20H2,1-2H3,(H,27,29);1-4H. The van der Waals surface area contributed by atoms with Crippen LogP contribution in [0.1, 0.15) is 129 Å². The molecule has 4 aliphatic carbocycles. The summed E-state index contributed by atoms with van der Waals surface area (Å²) in [5, 5.41) is 0. The summed E-state index contributed by atoms with van der Waals surface area (Å²) >= 11 is 0. The number of hydrogen-bond donors (Lipinski definition) is 2. The van der Waals surface area contributed by atoms with Crippen LogP contribution in [0, 0.1) is 23.7 Å². The summed E-state index contributed by atoms with van der Waals surface area (Å²) in [4.78, 5) is 40.6. The Morgan fingerprint density at radius 3 is 1.62 bits per heavy atom. The number of nitrogens with one attached hydrogen (secondary N) is 2. The number of Topliss-reactive ketones (excluding diaryl/α,β-unsaturated/α-hetero) is 1. The minimum atomic E-state index is -0.222. The Hall–Kier alpha value is -2.21. The second-order valence-corrected chi connectivity index (χ2v) is 12.1. The number of fused-ring (bicyclic) bond motifs is 2. The highest BCUT2D eigenvalue weighted by Crippen LogP contribution is 2.33. The lowest BCUT2D eigenvalue weighted by atomic mass is 9.79. The van der Waals surface area contributed by atoms with E-state index in [0.717, 1.165) is 74.3 Å². The molecule has 0 atom stereocenters. The number of carbonyl (C=O) groups excluding carboxylic acids is 3. The summed E-state index contributed by atoms with van der Waals surface area (Å²) in [6, 6.07) is 0. The molecule has 0 heterocycles. The van der Waals surface area contributed by atoms with Crippen LogP contribution in [0.3, 0.4) is 0 Å². The lowest BCUT2D eigenvalue weighted by Crippen LogP contribution is -2.44.